The van der Waals surface area contributed by atoms with Gasteiger partial charge in [-0.3, -0.25) is 4.79 Å². The van der Waals surface area contributed by atoms with Gasteiger partial charge in [0.2, 0.25) is 0 Å². The molecule has 100 valence electrons. The zero-order chi connectivity index (χ0) is 13.9. The summed E-state index contributed by atoms with van der Waals surface area (Å²) in [5, 5.41) is 0.965. The number of nitrogens with zero attached hydrogens (tertiary/aromatic N) is 1. The fourth-order valence-corrected chi connectivity index (χ4v) is 2.81. The quantitative estimate of drug-likeness (QED) is 0.801. The number of thiazole rings is 1. The smallest absolute Gasteiger partial charge is 0.255 e. The van der Waals surface area contributed by atoms with Gasteiger partial charge in [0.1, 0.15) is 10.8 Å². The topological polar surface area (TPSA) is 65.2 Å². The molecule has 0 atom stereocenters. The van der Waals surface area contributed by atoms with Gasteiger partial charge < -0.3 is 10.5 Å². The number of aromatic nitrogens is 1. The molecule has 3 aromatic rings. The van der Waals surface area contributed by atoms with E-state index in [9.17, 15) is 4.79 Å². The Bertz CT molecular complexity index is 717. The van der Waals surface area contributed by atoms with E-state index in [0.29, 0.717) is 5.75 Å². The molecule has 0 fully saturated rings. The van der Waals surface area contributed by atoms with Gasteiger partial charge in [-0.05, 0) is 36.4 Å². The van der Waals surface area contributed by atoms with Crippen molar-refractivity contribution in [1.29, 1.82) is 0 Å². The lowest BCUT2D eigenvalue weighted by Crippen LogP contribution is -2.19. The molecule has 1 aromatic heterocycles. The van der Waals surface area contributed by atoms with Crippen LogP contribution >= 0.6 is 11.3 Å². The molecule has 2 aromatic carbocycles. The average Bonchev–Trinajstić information content (AvgIpc) is 2.89. The van der Waals surface area contributed by atoms with Gasteiger partial charge >= 0.3 is 0 Å². The van der Waals surface area contributed by atoms with Crippen molar-refractivity contribution in [3.8, 4) is 16.3 Å². The van der Waals surface area contributed by atoms with Crippen LogP contribution in [0.25, 0.3) is 20.8 Å². The lowest BCUT2D eigenvalue weighted by molar-refractivity contribution is -0.119. The number of hydrogen-bond donors (Lipinski definition) is 1. The van der Waals surface area contributed by atoms with Crippen molar-refractivity contribution in [2.24, 2.45) is 5.73 Å². The van der Waals surface area contributed by atoms with Crippen LogP contribution in [-0.2, 0) is 4.79 Å². The molecule has 1 heterocycles. The van der Waals surface area contributed by atoms with Crippen LogP contribution in [0, 0.1) is 0 Å². The minimum absolute atomic E-state index is 0.111. The molecule has 0 saturated carbocycles. The van der Waals surface area contributed by atoms with Gasteiger partial charge in [0, 0.05) is 5.56 Å². The lowest BCUT2D eigenvalue weighted by atomic mass is 10.2. The zero-order valence-corrected chi connectivity index (χ0v) is 11.4. The van der Waals surface area contributed by atoms with E-state index in [2.05, 4.69) is 11.1 Å². The van der Waals surface area contributed by atoms with Gasteiger partial charge in [0.25, 0.3) is 5.91 Å². The number of rotatable bonds is 4. The van der Waals surface area contributed by atoms with Crippen molar-refractivity contribution in [2.75, 3.05) is 6.61 Å². The molecule has 5 heteroatoms. The summed E-state index contributed by atoms with van der Waals surface area (Å²) < 4.78 is 6.39. The number of primary amides is 1. The normalized spacial score (nSPS) is 10.6. The fraction of sp³-hybridized carbons (Fsp3) is 0.0667. The van der Waals surface area contributed by atoms with Gasteiger partial charge in [0.15, 0.2) is 6.61 Å². The molecule has 0 bridgehead atoms. The fourth-order valence-electron chi connectivity index (χ4n) is 1.84. The third-order valence-corrected chi connectivity index (χ3v) is 3.86. The van der Waals surface area contributed by atoms with Crippen molar-refractivity contribution < 1.29 is 9.53 Å². The lowest BCUT2D eigenvalue weighted by Gasteiger charge is -2.03. The monoisotopic (exact) mass is 284 g/mol. The summed E-state index contributed by atoms with van der Waals surface area (Å²) in [5.74, 6) is 0.133. The Labute approximate surface area is 119 Å². The number of carbonyl (C=O) groups is 1. The number of fused-ring (bicyclic) bond motifs is 1. The molecule has 0 spiro atoms. The first-order valence-electron chi connectivity index (χ1n) is 6.09. The second-order valence-corrected chi connectivity index (χ2v) is 5.30. The van der Waals surface area contributed by atoms with E-state index in [4.69, 9.17) is 10.5 Å². The number of hydrogen-bond acceptors (Lipinski definition) is 4. The Morgan fingerprint density at radius 3 is 2.60 bits per heavy atom. The SMILES string of the molecule is NC(=O)COc1ccc(-c2nc3ccccc3s2)cc1. The molecule has 1 amide bonds. The number of ether oxygens (including phenoxy) is 1. The Hall–Kier alpha value is -2.40. The highest BCUT2D eigenvalue weighted by molar-refractivity contribution is 7.21. The van der Waals surface area contributed by atoms with Crippen LogP contribution in [-0.4, -0.2) is 17.5 Å². The minimum atomic E-state index is -0.486. The van der Waals surface area contributed by atoms with E-state index in [1.54, 1.807) is 11.3 Å². The van der Waals surface area contributed by atoms with E-state index in [1.807, 2.05) is 42.5 Å². The van der Waals surface area contributed by atoms with Crippen molar-refractivity contribution in [3.63, 3.8) is 0 Å². The molecule has 4 nitrogen and oxygen atoms in total. The molecular formula is C15H12N2O2S. The largest absolute Gasteiger partial charge is 0.484 e. The first kappa shape index (κ1) is 12.6. The van der Waals surface area contributed by atoms with E-state index >= 15 is 0 Å². The Morgan fingerprint density at radius 2 is 1.90 bits per heavy atom. The van der Waals surface area contributed by atoms with Gasteiger partial charge in [-0.2, -0.15) is 0 Å². The predicted molar refractivity (Wildman–Crippen MR) is 79.7 cm³/mol. The van der Waals surface area contributed by atoms with Crippen LogP contribution in [0.4, 0.5) is 0 Å². The summed E-state index contributed by atoms with van der Waals surface area (Å²) >= 11 is 1.65. The second kappa shape index (κ2) is 5.30. The van der Waals surface area contributed by atoms with Gasteiger partial charge in [0.05, 0.1) is 10.2 Å². The molecule has 20 heavy (non-hydrogen) atoms. The summed E-state index contributed by atoms with van der Waals surface area (Å²) in [6, 6.07) is 15.5. The second-order valence-electron chi connectivity index (χ2n) is 4.27. The van der Waals surface area contributed by atoms with E-state index in [1.165, 1.54) is 0 Å². The maximum atomic E-state index is 10.6. The van der Waals surface area contributed by atoms with E-state index < -0.39 is 5.91 Å². The van der Waals surface area contributed by atoms with Gasteiger partial charge in [-0.1, -0.05) is 12.1 Å². The highest BCUT2D eigenvalue weighted by Gasteiger charge is 2.06. The first-order chi connectivity index (χ1) is 9.72. The highest BCUT2D eigenvalue weighted by atomic mass is 32.1. The molecular weight excluding hydrogens is 272 g/mol. The predicted octanol–water partition coefficient (Wildman–Crippen LogP) is 2.83. The summed E-state index contributed by atoms with van der Waals surface area (Å²) in [4.78, 5) is 15.2. The van der Waals surface area contributed by atoms with E-state index in [-0.39, 0.29) is 6.61 Å². The van der Waals surface area contributed by atoms with Crippen LogP contribution in [0.2, 0.25) is 0 Å². The number of amides is 1. The molecule has 0 saturated heterocycles. The van der Waals surface area contributed by atoms with Crippen LogP contribution in [0.1, 0.15) is 0 Å². The molecule has 3 rings (SSSR count). The molecule has 0 aliphatic heterocycles. The molecule has 0 aliphatic rings. The van der Waals surface area contributed by atoms with Crippen molar-refractivity contribution in [2.45, 2.75) is 0 Å². The van der Waals surface area contributed by atoms with Crippen LogP contribution in [0.3, 0.4) is 0 Å². The van der Waals surface area contributed by atoms with Crippen molar-refractivity contribution >= 4 is 27.5 Å². The molecule has 2 N–H and O–H groups in total. The zero-order valence-electron chi connectivity index (χ0n) is 10.6. The summed E-state index contributed by atoms with van der Waals surface area (Å²) in [6.07, 6.45) is 0. The molecule has 0 unspecified atom stereocenters. The standard InChI is InChI=1S/C15H12N2O2S/c16-14(18)9-19-11-7-5-10(6-8-11)15-17-12-3-1-2-4-13(12)20-15/h1-8H,9H2,(H2,16,18). The Balaban J connectivity index is 1.85. The van der Waals surface area contributed by atoms with Crippen LogP contribution in [0.5, 0.6) is 5.75 Å². The third-order valence-electron chi connectivity index (χ3n) is 2.78. The summed E-state index contributed by atoms with van der Waals surface area (Å²) in [5.41, 5.74) is 7.06. The summed E-state index contributed by atoms with van der Waals surface area (Å²) in [7, 11) is 0. The average molecular weight is 284 g/mol. The summed E-state index contributed by atoms with van der Waals surface area (Å²) in [6.45, 7) is -0.111. The minimum Gasteiger partial charge on any atom is -0.484 e. The Morgan fingerprint density at radius 1 is 1.15 bits per heavy atom. The number of carbonyl (C=O) groups excluding carboxylic acids is 1. The number of benzene rings is 2. The maximum Gasteiger partial charge on any atom is 0.255 e. The van der Waals surface area contributed by atoms with Crippen molar-refractivity contribution in [1.82, 2.24) is 4.98 Å². The maximum absolute atomic E-state index is 10.6. The molecule has 0 aliphatic carbocycles. The van der Waals surface area contributed by atoms with Gasteiger partial charge in [-0.25, -0.2) is 4.98 Å². The van der Waals surface area contributed by atoms with Crippen LogP contribution in [0.15, 0.2) is 48.5 Å². The Kier molecular flexibility index (Phi) is 3.35. The third kappa shape index (κ3) is 2.62. The first-order valence-corrected chi connectivity index (χ1v) is 6.91. The highest BCUT2D eigenvalue weighted by Crippen LogP contribution is 2.30. The number of para-hydroxylation sites is 1. The molecule has 0 radical (unpaired) electrons. The van der Waals surface area contributed by atoms with Gasteiger partial charge in [-0.15, -0.1) is 11.3 Å². The van der Waals surface area contributed by atoms with E-state index in [0.717, 1.165) is 20.8 Å². The number of nitrogens with two attached hydrogens (primary N) is 1. The van der Waals surface area contributed by atoms with Crippen LogP contribution < -0.4 is 10.5 Å². The van der Waals surface area contributed by atoms with Crippen molar-refractivity contribution in [3.05, 3.63) is 48.5 Å².